The van der Waals surface area contributed by atoms with Gasteiger partial charge in [-0.1, -0.05) is 18.5 Å². The normalized spacial score (nSPS) is 17.4. The Kier molecular flexibility index (Phi) is 4.89. The number of piperidine rings is 1. The summed E-state index contributed by atoms with van der Waals surface area (Å²) >= 11 is 5.87. The summed E-state index contributed by atoms with van der Waals surface area (Å²) in [6.07, 6.45) is 2.18. The molecule has 0 radical (unpaired) electrons. The summed E-state index contributed by atoms with van der Waals surface area (Å²) in [6, 6.07) is 6.81. The molecule has 3 rings (SSSR count). The van der Waals surface area contributed by atoms with Gasteiger partial charge in [0, 0.05) is 23.8 Å². The average molecular weight is 363 g/mol. The van der Waals surface area contributed by atoms with Gasteiger partial charge in [0.15, 0.2) is 0 Å². The summed E-state index contributed by atoms with van der Waals surface area (Å²) in [6.45, 7) is 3.77. The van der Waals surface area contributed by atoms with Crippen molar-refractivity contribution in [2.75, 3.05) is 29.0 Å². The van der Waals surface area contributed by atoms with E-state index in [0.29, 0.717) is 22.6 Å². The lowest BCUT2D eigenvalue weighted by Gasteiger charge is -2.31. The first-order valence-corrected chi connectivity index (χ1v) is 8.41. The molecule has 0 saturated carbocycles. The van der Waals surface area contributed by atoms with Crippen molar-refractivity contribution in [3.05, 3.63) is 39.4 Å². The van der Waals surface area contributed by atoms with Crippen molar-refractivity contribution in [2.45, 2.75) is 19.8 Å². The molecule has 8 nitrogen and oxygen atoms in total. The van der Waals surface area contributed by atoms with Crippen LogP contribution in [0.1, 0.15) is 19.8 Å². The number of hydrogen-bond acceptors (Lipinski definition) is 7. The van der Waals surface area contributed by atoms with Gasteiger partial charge >= 0.3 is 5.69 Å². The maximum Gasteiger partial charge on any atom is 0.353 e. The highest BCUT2D eigenvalue weighted by molar-refractivity contribution is 6.30. The topological polar surface area (TPSA) is 110 Å². The number of hydrogen-bond donors (Lipinski definition) is 2. The number of nitrogens with two attached hydrogens (primary N) is 1. The lowest BCUT2D eigenvalue weighted by atomic mass is 10.0. The van der Waals surface area contributed by atoms with E-state index < -0.39 is 4.92 Å². The first kappa shape index (κ1) is 17.2. The second kappa shape index (κ2) is 7.10. The molecule has 0 amide bonds. The van der Waals surface area contributed by atoms with Crippen LogP contribution in [0.5, 0.6) is 0 Å². The molecule has 1 atom stereocenters. The fraction of sp³-hybridized carbons (Fsp3) is 0.375. The van der Waals surface area contributed by atoms with Gasteiger partial charge in [-0.25, -0.2) is 0 Å². The van der Waals surface area contributed by atoms with Crippen LogP contribution in [0.4, 0.5) is 29.0 Å². The number of aromatic nitrogens is 2. The fourth-order valence-corrected chi connectivity index (χ4v) is 3.04. The number of anilines is 4. The summed E-state index contributed by atoms with van der Waals surface area (Å²) in [5, 5.41) is 14.9. The highest BCUT2D eigenvalue weighted by atomic mass is 35.5. The molecular formula is C16H19ClN6O2. The quantitative estimate of drug-likeness (QED) is 0.631. The van der Waals surface area contributed by atoms with E-state index in [1.807, 2.05) is 4.90 Å². The molecule has 1 aromatic heterocycles. The van der Waals surface area contributed by atoms with Crippen LogP contribution in [0.2, 0.25) is 5.02 Å². The molecule has 9 heteroatoms. The molecule has 25 heavy (non-hydrogen) atoms. The van der Waals surface area contributed by atoms with E-state index in [4.69, 9.17) is 17.3 Å². The number of nitrogen functional groups attached to an aromatic ring is 1. The average Bonchev–Trinajstić information content (AvgIpc) is 2.56. The minimum Gasteiger partial charge on any atom is -0.378 e. The standard InChI is InChI=1S/C16H19ClN6O2/c1-10-3-2-8-22(9-10)16-20-14(18)13(23(24)25)15(21-16)19-12-6-4-11(17)5-7-12/h4-7,10H,2-3,8-9H2,1H3,(H3,18,19,20,21)/t10-/m0/s1. The molecule has 0 bridgehead atoms. The smallest absolute Gasteiger partial charge is 0.353 e. The van der Waals surface area contributed by atoms with Crippen molar-refractivity contribution in [3.63, 3.8) is 0 Å². The van der Waals surface area contributed by atoms with E-state index >= 15 is 0 Å². The molecule has 1 aliphatic rings. The van der Waals surface area contributed by atoms with Crippen LogP contribution in [0.25, 0.3) is 0 Å². The third-order valence-corrected chi connectivity index (χ3v) is 4.38. The van der Waals surface area contributed by atoms with E-state index in [1.54, 1.807) is 24.3 Å². The maximum absolute atomic E-state index is 11.4. The zero-order valence-electron chi connectivity index (χ0n) is 13.8. The first-order valence-electron chi connectivity index (χ1n) is 8.03. The molecule has 0 spiro atoms. The third-order valence-electron chi connectivity index (χ3n) is 4.13. The van der Waals surface area contributed by atoms with Crippen LogP contribution in [0, 0.1) is 16.0 Å². The van der Waals surface area contributed by atoms with E-state index in [2.05, 4.69) is 22.2 Å². The van der Waals surface area contributed by atoms with Crippen LogP contribution in [-0.2, 0) is 0 Å². The van der Waals surface area contributed by atoms with Gasteiger partial charge in [0.05, 0.1) is 4.92 Å². The summed E-state index contributed by atoms with van der Waals surface area (Å²) in [4.78, 5) is 21.4. The molecule has 3 N–H and O–H groups in total. The number of benzene rings is 1. The minimum absolute atomic E-state index is 0.0769. The Morgan fingerprint density at radius 2 is 2.08 bits per heavy atom. The number of rotatable bonds is 4. The summed E-state index contributed by atoms with van der Waals surface area (Å²) in [7, 11) is 0. The molecule has 0 unspecified atom stereocenters. The Bertz CT molecular complexity index is 783. The molecule has 1 fully saturated rings. The van der Waals surface area contributed by atoms with E-state index in [9.17, 15) is 10.1 Å². The van der Waals surface area contributed by atoms with Gasteiger partial charge in [-0.2, -0.15) is 9.97 Å². The zero-order valence-corrected chi connectivity index (χ0v) is 14.5. The van der Waals surface area contributed by atoms with Crippen LogP contribution < -0.4 is 16.0 Å². The van der Waals surface area contributed by atoms with E-state index in [0.717, 1.165) is 25.9 Å². The fourth-order valence-electron chi connectivity index (χ4n) is 2.91. The summed E-state index contributed by atoms with van der Waals surface area (Å²) in [5.41, 5.74) is 6.16. The largest absolute Gasteiger partial charge is 0.378 e. The van der Waals surface area contributed by atoms with Crippen molar-refractivity contribution in [1.82, 2.24) is 9.97 Å². The van der Waals surface area contributed by atoms with Crippen LogP contribution in [0.15, 0.2) is 24.3 Å². The van der Waals surface area contributed by atoms with Crippen LogP contribution in [-0.4, -0.2) is 28.0 Å². The molecule has 0 aliphatic carbocycles. The summed E-state index contributed by atoms with van der Waals surface area (Å²) in [5.74, 6) is 0.852. The van der Waals surface area contributed by atoms with Crippen molar-refractivity contribution < 1.29 is 4.92 Å². The highest BCUT2D eigenvalue weighted by Crippen LogP contribution is 2.33. The molecular weight excluding hydrogens is 344 g/mol. The maximum atomic E-state index is 11.4. The van der Waals surface area contributed by atoms with Crippen LogP contribution in [0.3, 0.4) is 0 Å². The third kappa shape index (κ3) is 3.90. The van der Waals surface area contributed by atoms with Gasteiger partial charge in [0.25, 0.3) is 0 Å². The van der Waals surface area contributed by atoms with E-state index in [-0.39, 0.29) is 17.3 Å². The molecule has 1 aromatic carbocycles. The SMILES string of the molecule is C[C@H]1CCCN(c2nc(N)c([N+](=O)[O-])c(Nc3ccc(Cl)cc3)n2)C1. The van der Waals surface area contributed by atoms with Gasteiger partial charge in [-0.15, -0.1) is 0 Å². The van der Waals surface area contributed by atoms with E-state index in [1.165, 1.54) is 0 Å². The zero-order chi connectivity index (χ0) is 18.0. The van der Waals surface area contributed by atoms with Crippen LogP contribution >= 0.6 is 11.6 Å². The number of nitrogens with zero attached hydrogens (tertiary/aromatic N) is 4. The Morgan fingerprint density at radius 1 is 1.36 bits per heavy atom. The second-order valence-corrected chi connectivity index (χ2v) is 6.62. The minimum atomic E-state index is -0.573. The Hall–Kier alpha value is -2.61. The van der Waals surface area contributed by atoms with Crippen molar-refractivity contribution in [2.24, 2.45) is 5.92 Å². The first-order chi connectivity index (χ1) is 11.9. The van der Waals surface area contributed by atoms with Crippen molar-refractivity contribution in [3.8, 4) is 0 Å². The Morgan fingerprint density at radius 3 is 2.72 bits per heavy atom. The molecule has 2 aromatic rings. The highest BCUT2D eigenvalue weighted by Gasteiger charge is 2.26. The predicted octanol–water partition coefficient (Wildman–Crippen LogP) is 3.60. The van der Waals surface area contributed by atoms with Gasteiger partial charge < -0.3 is 16.0 Å². The Balaban J connectivity index is 1.98. The number of nitrogens with one attached hydrogen (secondary N) is 1. The molecule has 2 heterocycles. The monoisotopic (exact) mass is 362 g/mol. The van der Waals surface area contributed by atoms with Gasteiger partial charge in [-0.3, -0.25) is 10.1 Å². The second-order valence-electron chi connectivity index (χ2n) is 6.19. The van der Waals surface area contributed by atoms with Gasteiger partial charge in [0.2, 0.25) is 17.6 Å². The molecule has 1 saturated heterocycles. The van der Waals surface area contributed by atoms with Crippen molar-refractivity contribution in [1.29, 1.82) is 0 Å². The number of halogens is 1. The van der Waals surface area contributed by atoms with Gasteiger partial charge in [0.1, 0.15) is 0 Å². The summed E-state index contributed by atoms with van der Waals surface area (Å²) < 4.78 is 0. The molecule has 1 aliphatic heterocycles. The predicted molar refractivity (Wildman–Crippen MR) is 98.4 cm³/mol. The molecule has 132 valence electrons. The number of nitro groups is 1. The Labute approximate surface area is 150 Å². The lowest BCUT2D eigenvalue weighted by molar-refractivity contribution is -0.383. The lowest BCUT2D eigenvalue weighted by Crippen LogP contribution is -2.35. The van der Waals surface area contributed by atoms with Crippen molar-refractivity contribution >= 4 is 40.6 Å². The van der Waals surface area contributed by atoms with Gasteiger partial charge in [-0.05, 0) is 43.0 Å².